The topological polar surface area (TPSA) is 46.3 Å². The summed E-state index contributed by atoms with van der Waals surface area (Å²) in [6, 6.07) is 3.20. The number of benzene rings is 1. The summed E-state index contributed by atoms with van der Waals surface area (Å²) in [4.78, 5) is 13.7. The van der Waals surface area contributed by atoms with E-state index in [4.69, 9.17) is 5.73 Å². The molecule has 1 amide bonds. The molecule has 0 saturated carbocycles. The SMILES string of the molecule is CC(C)(C)C(=O)N(CCCN)c1ccc(F)cc1F. The second-order valence-electron chi connectivity index (χ2n) is 5.44. The highest BCUT2D eigenvalue weighted by Gasteiger charge is 2.29. The normalized spacial score (nSPS) is 11.5. The van der Waals surface area contributed by atoms with Gasteiger partial charge in [0.05, 0.1) is 5.69 Å². The monoisotopic (exact) mass is 270 g/mol. The van der Waals surface area contributed by atoms with Crippen molar-refractivity contribution < 1.29 is 13.6 Å². The van der Waals surface area contributed by atoms with Gasteiger partial charge in [0.2, 0.25) is 5.91 Å². The molecule has 106 valence electrons. The first-order valence-corrected chi connectivity index (χ1v) is 6.24. The van der Waals surface area contributed by atoms with Crippen LogP contribution in [0, 0.1) is 17.0 Å². The minimum Gasteiger partial charge on any atom is -0.330 e. The van der Waals surface area contributed by atoms with E-state index >= 15 is 0 Å². The molecular weight excluding hydrogens is 250 g/mol. The van der Waals surface area contributed by atoms with Crippen molar-refractivity contribution in [1.29, 1.82) is 0 Å². The highest BCUT2D eigenvalue weighted by molar-refractivity contribution is 5.97. The molecular formula is C14H20F2N2O. The fourth-order valence-electron chi connectivity index (χ4n) is 1.69. The van der Waals surface area contributed by atoms with E-state index in [9.17, 15) is 13.6 Å². The van der Waals surface area contributed by atoms with Crippen LogP contribution < -0.4 is 10.6 Å². The molecule has 0 unspecified atom stereocenters. The molecule has 0 radical (unpaired) electrons. The van der Waals surface area contributed by atoms with E-state index in [1.165, 1.54) is 11.0 Å². The lowest BCUT2D eigenvalue weighted by atomic mass is 9.94. The third kappa shape index (κ3) is 3.99. The quantitative estimate of drug-likeness (QED) is 0.914. The first-order chi connectivity index (χ1) is 8.77. The van der Waals surface area contributed by atoms with Crippen LogP contribution in [0.1, 0.15) is 27.2 Å². The van der Waals surface area contributed by atoms with Gasteiger partial charge in [0, 0.05) is 18.0 Å². The standard InChI is InChI=1S/C14H20F2N2O/c1-14(2,3)13(19)18(8-4-7-17)12-6-5-10(15)9-11(12)16/h5-6,9H,4,7-8,17H2,1-3H3. The van der Waals surface area contributed by atoms with Gasteiger partial charge in [-0.1, -0.05) is 20.8 Å². The zero-order valence-corrected chi connectivity index (χ0v) is 11.5. The maximum atomic E-state index is 13.8. The minimum absolute atomic E-state index is 0.0924. The Morgan fingerprint density at radius 1 is 1.32 bits per heavy atom. The van der Waals surface area contributed by atoms with Crippen molar-refractivity contribution in [2.45, 2.75) is 27.2 Å². The minimum atomic E-state index is -0.741. The second-order valence-corrected chi connectivity index (χ2v) is 5.44. The van der Waals surface area contributed by atoms with Crippen LogP contribution in [0.5, 0.6) is 0 Å². The van der Waals surface area contributed by atoms with E-state index in [2.05, 4.69) is 0 Å². The third-order valence-corrected chi connectivity index (χ3v) is 2.67. The van der Waals surface area contributed by atoms with Gasteiger partial charge in [-0.25, -0.2) is 8.78 Å². The van der Waals surface area contributed by atoms with E-state index in [-0.39, 0.29) is 11.6 Å². The highest BCUT2D eigenvalue weighted by atomic mass is 19.1. The van der Waals surface area contributed by atoms with Crippen molar-refractivity contribution in [3.63, 3.8) is 0 Å². The Morgan fingerprint density at radius 3 is 2.42 bits per heavy atom. The number of halogens is 2. The number of amides is 1. The molecule has 0 bridgehead atoms. The highest BCUT2D eigenvalue weighted by Crippen LogP contribution is 2.26. The van der Waals surface area contributed by atoms with Crippen LogP contribution in [0.2, 0.25) is 0 Å². The summed E-state index contributed by atoms with van der Waals surface area (Å²) in [5.41, 5.74) is 4.88. The van der Waals surface area contributed by atoms with E-state index in [1.54, 1.807) is 20.8 Å². The fourth-order valence-corrected chi connectivity index (χ4v) is 1.69. The predicted octanol–water partition coefficient (Wildman–Crippen LogP) is 2.69. The number of anilines is 1. The second kappa shape index (κ2) is 6.10. The molecule has 0 spiro atoms. The number of carbonyl (C=O) groups excluding carboxylic acids is 1. The molecule has 0 aromatic heterocycles. The average Bonchev–Trinajstić information content (AvgIpc) is 2.30. The molecule has 1 rings (SSSR count). The molecule has 0 atom stereocenters. The zero-order valence-electron chi connectivity index (χ0n) is 11.5. The van der Waals surface area contributed by atoms with E-state index in [0.29, 0.717) is 19.5 Å². The lowest BCUT2D eigenvalue weighted by Gasteiger charge is -2.29. The number of hydrogen-bond donors (Lipinski definition) is 1. The van der Waals surface area contributed by atoms with Crippen LogP contribution in [0.4, 0.5) is 14.5 Å². The predicted molar refractivity (Wildman–Crippen MR) is 71.8 cm³/mol. The van der Waals surface area contributed by atoms with Gasteiger partial charge < -0.3 is 10.6 Å². The average molecular weight is 270 g/mol. The van der Waals surface area contributed by atoms with Crippen molar-refractivity contribution in [2.75, 3.05) is 18.0 Å². The summed E-state index contributed by atoms with van der Waals surface area (Å²) in [6.07, 6.45) is 0.554. The molecule has 0 aliphatic carbocycles. The van der Waals surface area contributed by atoms with Gasteiger partial charge in [-0.3, -0.25) is 4.79 Å². The van der Waals surface area contributed by atoms with E-state index < -0.39 is 17.0 Å². The maximum Gasteiger partial charge on any atom is 0.232 e. The van der Waals surface area contributed by atoms with Gasteiger partial charge in [0.25, 0.3) is 0 Å². The Balaban J connectivity index is 3.12. The Kier molecular flexibility index (Phi) is 5.00. The molecule has 2 N–H and O–H groups in total. The third-order valence-electron chi connectivity index (χ3n) is 2.67. The molecule has 1 aromatic rings. The molecule has 0 saturated heterocycles. The van der Waals surface area contributed by atoms with Crippen molar-refractivity contribution in [3.8, 4) is 0 Å². The van der Waals surface area contributed by atoms with Crippen molar-refractivity contribution in [1.82, 2.24) is 0 Å². The lowest BCUT2D eigenvalue weighted by molar-refractivity contribution is -0.125. The summed E-state index contributed by atoms with van der Waals surface area (Å²) in [5.74, 6) is -1.62. The van der Waals surface area contributed by atoms with Crippen LogP contribution in [0.3, 0.4) is 0 Å². The molecule has 3 nitrogen and oxygen atoms in total. The van der Waals surface area contributed by atoms with Crippen molar-refractivity contribution in [3.05, 3.63) is 29.8 Å². The molecule has 19 heavy (non-hydrogen) atoms. The number of nitrogens with two attached hydrogens (primary N) is 1. The number of nitrogens with zero attached hydrogens (tertiary/aromatic N) is 1. The van der Waals surface area contributed by atoms with Crippen LogP contribution in [0.25, 0.3) is 0 Å². The largest absolute Gasteiger partial charge is 0.330 e. The first-order valence-electron chi connectivity index (χ1n) is 6.24. The first kappa shape index (κ1) is 15.6. The number of rotatable bonds is 4. The van der Waals surface area contributed by atoms with Gasteiger partial charge >= 0.3 is 0 Å². The zero-order chi connectivity index (χ0) is 14.6. The van der Waals surface area contributed by atoms with Gasteiger partial charge in [-0.05, 0) is 25.1 Å². The van der Waals surface area contributed by atoms with Gasteiger partial charge in [-0.15, -0.1) is 0 Å². The molecule has 1 aromatic carbocycles. The summed E-state index contributed by atoms with van der Waals surface area (Å²) < 4.78 is 26.7. The van der Waals surface area contributed by atoms with Gasteiger partial charge in [-0.2, -0.15) is 0 Å². The smallest absolute Gasteiger partial charge is 0.232 e. The Bertz CT molecular complexity index is 455. The number of hydrogen-bond acceptors (Lipinski definition) is 2. The molecule has 0 heterocycles. The summed E-state index contributed by atoms with van der Waals surface area (Å²) in [7, 11) is 0. The van der Waals surface area contributed by atoms with Crippen LogP contribution in [-0.4, -0.2) is 19.0 Å². The molecule has 5 heteroatoms. The summed E-state index contributed by atoms with van der Waals surface area (Å²) in [6.45, 7) is 5.98. The lowest BCUT2D eigenvalue weighted by Crippen LogP contribution is -2.41. The van der Waals surface area contributed by atoms with Crippen LogP contribution in [-0.2, 0) is 4.79 Å². The Morgan fingerprint density at radius 2 is 1.95 bits per heavy atom. The fraction of sp³-hybridized carbons (Fsp3) is 0.500. The number of carbonyl (C=O) groups is 1. The van der Waals surface area contributed by atoms with E-state index in [0.717, 1.165) is 12.1 Å². The van der Waals surface area contributed by atoms with Crippen molar-refractivity contribution >= 4 is 11.6 Å². The Hall–Kier alpha value is -1.49. The van der Waals surface area contributed by atoms with Gasteiger partial charge in [0.1, 0.15) is 11.6 Å². The summed E-state index contributed by atoms with van der Waals surface area (Å²) >= 11 is 0. The van der Waals surface area contributed by atoms with Crippen LogP contribution >= 0.6 is 0 Å². The summed E-state index contributed by atoms with van der Waals surface area (Å²) in [5, 5.41) is 0. The maximum absolute atomic E-state index is 13.8. The van der Waals surface area contributed by atoms with Crippen LogP contribution in [0.15, 0.2) is 18.2 Å². The Labute approximate surface area is 112 Å². The molecule has 0 aliphatic rings. The van der Waals surface area contributed by atoms with Crippen molar-refractivity contribution in [2.24, 2.45) is 11.1 Å². The van der Waals surface area contributed by atoms with Gasteiger partial charge in [0.15, 0.2) is 0 Å². The molecule has 0 fully saturated rings. The molecule has 0 aliphatic heterocycles. The van der Waals surface area contributed by atoms with E-state index in [1.807, 2.05) is 0 Å².